The summed E-state index contributed by atoms with van der Waals surface area (Å²) in [6, 6.07) is 3.08. The van der Waals surface area contributed by atoms with Crippen molar-refractivity contribution in [2.45, 2.75) is 26.3 Å². The van der Waals surface area contributed by atoms with Crippen LogP contribution in [0.4, 0.5) is 4.39 Å². The lowest BCUT2D eigenvalue weighted by molar-refractivity contribution is 0.457. The molecule has 0 unspecified atom stereocenters. The average molecular weight is 373 g/mol. The molecule has 0 atom stereocenters. The molecule has 21 heavy (non-hydrogen) atoms. The van der Waals surface area contributed by atoms with E-state index in [4.69, 9.17) is 16.0 Å². The normalized spacial score (nSPS) is 11.5. The molecule has 0 aliphatic rings. The van der Waals surface area contributed by atoms with Crippen LogP contribution in [-0.4, -0.2) is 14.5 Å². The standard InChI is InChI=1S/C14H12BrClFN3O/c1-7-8(2)21-14(18-7)6-20-12-4-10(17)9(15)3-11(12)19-13(20)5-16/h3-4H,5-6H2,1-2H3. The monoisotopic (exact) mass is 371 g/mol. The van der Waals surface area contributed by atoms with Crippen molar-refractivity contribution in [2.75, 3.05) is 0 Å². The quantitative estimate of drug-likeness (QED) is 0.643. The van der Waals surface area contributed by atoms with E-state index in [2.05, 4.69) is 25.9 Å². The number of aromatic nitrogens is 3. The number of alkyl halides is 1. The molecule has 0 saturated carbocycles. The minimum Gasteiger partial charge on any atom is -0.444 e. The predicted molar refractivity (Wildman–Crippen MR) is 82.0 cm³/mol. The van der Waals surface area contributed by atoms with E-state index < -0.39 is 0 Å². The Bertz CT molecular complexity index is 808. The number of imidazole rings is 1. The topological polar surface area (TPSA) is 43.9 Å². The van der Waals surface area contributed by atoms with Gasteiger partial charge in [-0.25, -0.2) is 14.4 Å². The van der Waals surface area contributed by atoms with Gasteiger partial charge in [0.15, 0.2) is 0 Å². The summed E-state index contributed by atoms with van der Waals surface area (Å²) in [4.78, 5) is 8.77. The minimum atomic E-state index is -0.343. The Labute approximate surface area is 134 Å². The third kappa shape index (κ3) is 2.58. The molecule has 0 N–H and O–H groups in total. The third-order valence-electron chi connectivity index (χ3n) is 3.36. The lowest BCUT2D eigenvalue weighted by Gasteiger charge is -2.05. The number of hydrogen-bond acceptors (Lipinski definition) is 3. The van der Waals surface area contributed by atoms with E-state index in [9.17, 15) is 4.39 Å². The van der Waals surface area contributed by atoms with Crippen LogP contribution in [0, 0.1) is 19.7 Å². The molecule has 3 aromatic rings. The van der Waals surface area contributed by atoms with Crippen molar-refractivity contribution in [3.63, 3.8) is 0 Å². The Morgan fingerprint density at radius 2 is 2.10 bits per heavy atom. The average Bonchev–Trinajstić information content (AvgIpc) is 2.92. The molecule has 3 rings (SSSR count). The molecule has 0 aliphatic carbocycles. The van der Waals surface area contributed by atoms with Gasteiger partial charge in [-0.05, 0) is 35.8 Å². The molecule has 1 aromatic carbocycles. The Kier molecular flexibility index (Phi) is 3.75. The molecule has 0 saturated heterocycles. The lowest BCUT2D eigenvalue weighted by atomic mass is 10.3. The SMILES string of the molecule is Cc1nc(Cn2c(CCl)nc3cc(Br)c(F)cc32)oc1C. The fourth-order valence-corrected chi connectivity index (χ4v) is 2.73. The van der Waals surface area contributed by atoms with Crippen LogP contribution in [0.1, 0.15) is 23.2 Å². The van der Waals surface area contributed by atoms with Crippen molar-refractivity contribution < 1.29 is 8.81 Å². The molecular formula is C14H12BrClFN3O. The zero-order valence-corrected chi connectivity index (χ0v) is 13.8. The zero-order valence-electron chi connectivity index (χ0n) is 11.5. The molecule has 0 fully saturated rings. The van der Waals surface area contributed by atoms with Crippen LogP contribution in [0.25, 0.3) is 11.0 Å². The summed E-state index contributed by atoms with van der Waals surface area (Å²) < 4.78 is 21.6. The summed E-state index contributed by atoms with van der Waals surface area (Å²) >= 11 is 9.11. The van der Waals surface area contributed by atoms with Crippen molar-refractivity contribution in [3.05, 3.63) is 45.6 Å². The van der Waals surface area contributed by atoms with Gasteiger partial charge in [-0.15, -0.1) is 11.6 Å². The summed E-state index contributed by atoms with van der Waals surface area (Å²) in [7, 11) is 0. The van der Waals surface area contributed by atoms with Gasteiger partial charge in [0.1, 0.15) is 23.9 Å². The number of benzene rings is 1. The fourth-order valence-electron chi connectivity index (χ4n) is 2.19. The van der Waals surface area contributed by atoms with Gasteiger partial charge in [-0.2, -0.15) is 0 Å². The molecule has 7 heteroatoms. The van der Waals surface area contributed by atoms with E-state index in [0.717, 1.165) is 11.5 Å². The maximum Gasteiger partial charge on any atom is 0.214 e. The van der Waals surface area contributed by atoms with E-state index in [-0.39, 0.29) is 11.7 Å². The van der Waals surface area contributed by atoms with Crippen molar-refractivity contribution in [2.24, 2.45) is 0 Å². The van der Waals surface area contributed by atoms with Gasteiger partial charge in [-0.1, -0.05) is 0 Å². The van der Waals surface area contributed by atoms with Crippen LogP contribution in [0.2, 0.25) is 0 Å². The van der Waals surface area contributed by atoms with Crippen LogP contribution in [0.15, 0.2) is 21.0 Å². The first-order valence-corrected chi connectivity index (χ1v) is 7.65. The van der Waals surface area contributed by atoms with Gasteiger partial charge in [0.25, 0.3) is 0 Å². The number of oxazole rings is 1. The number of rotatable bonds is 3. The van der Waals surface area contributed by atoms with Crippen molar-refractivity contribution >= 4 is 38.6 Å². The van der Waals surface area contributed by atoms with Gasteiger partial charge < -0.3 is 8.98 Å². The molecule has 0 bridgehead atoms. The number of fused-ring (bicyclic) bond motifs is 1. The van der Waals surface area contributed by atoms with E-state index in [1.54, 1.807) is 6.07 Å². The molecular weight excluding hydrogens is 361 g/mol. The van der Waals surface area contributed by atoms with Crippen LogP contribution < -0.4 is 0 Å². The number of aryl methyl sites for hydroxylation is 2. The van der Waals surface area contributed by atoms with Crippen molar-refractivity contribution in [1.29, 1.82) is 0 Å². The van der Waals surface area contributed by atoms with Gasteiger partial charge in [0.05, 0.1) is 27.1 Å². The maximum absolute atomic E-state index is 13.8. The van der Waals surface area contributed by atoms with Crippen molar-refractivity contribution in [1.82, 2.24) is 14.5 Å². The predicted octanol–water partition coefficient (Wildman–Crippen LogP) is 4.33. The smallest absolute Gasteiger partial charge is 0.214 e. The molecule has 0 aliphatic heterocycles. The van der Waals surface area contributed by atoms with E-state index in [1.165, 1.54) is 6.07 Å². The summed E-state index contributed by atoms with van der Waals surface area (Å²) in [5.74, 6) is 1.86. The molecule has 2 heterocycles. The van der Waals surface area contributed by atoms with Crippen LogP contribution in [-0.2, 0) is 12.4 Å². The first kappa shape index (κ1) is 14.5. The Morgan fingerprint density at radius 1 is 1.33 bits per heavy atom. The highest BCUT2D eigenvalue weighted by atomic mass is 79.9. The summed E-state index contributed by atoms with van der Waals surface area (Å²) in [6.07, 6.45) is 0. The molecule has 0 amide bonds. The lowest BCUT2D eigenvalue weighted by Crippen LogP contribution is -2.04. The van der Waals surface area contributed by atoms with Gasteiger partial charge in [0, 0.05) is 6.07 Å². The molecule has 4 nitrogen and oxygen atoms in total. The zero-order chi connectivity index (χ0) is 15.1. The molecule has 2 aromatic heterocycles. The van der Waals surface area contributed by atoms with Crippen LogP contribution >= 0.6 is 27.5 Å². The van der Waals surface area contributed by atoms with E-state index in [0.29, 0.717) is 33.8 Å². The first-order chi connectivity index (χ1) is 9.99. The summed E-state index contributed by atoms with van der Waals surface area (Å²) in [6.45, 7) is 4.11. The largest absolute Gasteiger partial charge is 0.444 e. The Morgan fingerprint density at radius 3 is 2.71 bits per heavy atom. The summed E-state index contributed by atoms with van der Waals surface area (Å²) in [5, 5.41) is 0. The highest BCUT2D eigenvalue weighted by Gasteiger charge is 2.15. The van der Waals surface area contributed by atoms with Crippen LogP contribution in [0.5, 0.6) is 0 Å². The minimum absolute atomic E-state index is 0.229. The number of hydrogen-bond donors (Lipinski definition) is 0. The molecule has 0 radical (unpaired) electrons. The van der Waals surface area contributed by atoms with Gasteiger partial charge in [0.2, 0.25) is 5.89 Å². The second-order valence-electron chi connectivity index (χ2n) is 4.75. The third-order valence-corrected chi connectivity index (χ3v) is 4.20. The number of halogens is 3. The number of nitrogens with zero attached hydrogens (tertiary/aromatic N) is 3. The van der Waals surface area contributed by atoms with E-state index >= 15 is 0 Å². The van der Waals surface area contributed by atoms with Gasteiger partial charge >= 0.3 is 0 Å². The second-order valence-corrected chi connectivity index (χ2v) is 5.87. The highest BCUT2D eigenvalue weighted by Crippen LogP contribution is 2.25. The van der Waals surface area contributed by atoms with Crippen LogP contribution in [0.3, 0.4) is 0 Å². The second kappa shape index (κ2) is 5.42. The summed E-state index contributed by atoms with van der Waals surface area (Å²) in [5.41, 5.74) is 2.19. The molecule has 110 valence electrons. The van der Waals surface area contributed by atoms with Gasteiger partial charge in [-0.3, -0.25) is 0 Å². The van der Waals surface area contributed by atoms with Crippen molar-refractivity contribution in [3.8, 4) is 0 Å². The fraction of sp³-hybridized carbons (Fsp3) is 0.286. The van der Waals surface area contributed by atoms with E-state index in [1.807, 2.05) is 18.4 Å². The Hall–Kier alpha value is -1.40. The Balaban J connectivity index is 2.13. The first-order valence-electron chi connectivity index (χ1n) is 6.32. The molecule has 0 spiro atoms. The maximum atomic E-state index is 13.8. The highest BCUT2D eigenvalue weighted by molar-refractivity contribution is 9.10.